The number of primary amides is 1. The van der Waals surface area contributed by atoms with E-state index in [4.69, 9.17) is 16.2 Å². The third-order valence-corrected chi connectivity index (χ3v) is 2.48. The van der Waals surface area contributed by atoms with Crippen LogP contribution < -0.4 is 11.5 Å². The number of nitrogens with zero attached hydrogens (tertiary/aromatic N) is 3. The molecule has 2 aromatic rings. The minimum atomic E-state index is -0.616. The number of rotatable bonds is 4. The molecule has 0 aliphatic rings. The zero-order valence-corrected chi connectivity index (χ0v) is 10.7. The van der Waals surface area contributed by atoms with Gasteiger partial charge in [0.05, 0.1) is 18.5 Å². The SMILES string of the molecule is CCOC(=O)c1nn(-c2cc(C(N)=O)ccn2)cc1N. The van der Waals surface area contributed by atoms with Crippen molar-refractivity contribution in [3.8, 4) is 5.82 Å². The largest absolute Gasteiger partial charge is 0.461 e. The van der Waals surface area contributed by atoms with Crippen LogP contribution in [0.25, 0.3) is 5.82 Å². The summed E-state index contributed by atoms with van der Waals surface area (Å²) in [5.74, 6) is -0.877. The van der Waals surface area contributed by atoms with Gasteiger partial charge in [-0.25, -0.2) is 14.5 Å². The van der Waals surface area contributed by atoms with Crippen molar-refractivity contribution in [1.29, 1.82) is 0 Å². The number of amides is 1. The fourth-order valence-corrected chi connectivity index (χ4v) is 1.56. The molecule has 0 spiro atoms. The normalized spacial score (nSPS) is 10.2. The van der Waals surface area contributed by atoms with Gasteiger partial charge in [-0.3, -0.25) is 4.79 Å². The lowest BCUT2D eigenvalue weighted by atomic mass is 10.2. The van der Waals surface area contributed by atoms with Crippen LogP contribution in [0.2, 0.25) is 0 Å². The van der Waals surface area contributed by atoms with E-state index in [-0.39, 0.29) is 23.6 Å². The zero-order valence-electron chi connectivity index (χ0n) is 10.7. The van der Waals surface area contributed by atoms with Crippen molar-refractivity contribution in [3.05, 3.63) is 35.8 Å². The Labute approximate surface area is 114 Å². The lowest BCUT2D eigenvalue weighted by molar-refractivity contribution is 0.0520. The number of nitrogens with two attached hydrogens (primary N) is 2. The molecule has 8 heteroatoms. The number of anilines is 1. The third kappa shape index (κ3) is 2.58. The number of ether oxygens (including phenoxy) is 1. The maximum atomic E-state index is 11.6. The smallest absolute Gasteiger partial charge is 0.361 e. The van der Waals surface area contributed by atoms with Crippen LogP contribution in [0.1, 0.15) is 27.8 Å². The summed E-state index contributed by atoms with van der Waals surface area (Å²) in [7, 11) is 0. The Morgan fingerprint density at radius 2 is 2.20 bits per heavy atom. The van der Waals surface area contributed by atoms with Gasteiger partial charge in [0.15, 0.2) is 11.5 Å². The monoisotopic (exact) mass is 275 g/mol. The average molecular weight is 275 g/mol. The quantitative estimate of drug-likeness (QED) is 0.763. The molecule has 0 atom stereocenters. The number of carbonyl (C=O) groups excluding carboxylic acids is 2. The Bertz CT molecular complexity index is 665. The highest BCUT2D eigenvalue weighted by Gasteiger charge is 2.17. The first kappa shape index (κ1) is 13.5. The molecular formula is C12H13N5O3. The van der Waals surface area contributed by atoms with E-state index in [1.807, 2.05) is 0 Å². The number of nitrogen functional groups attached to an aromatic ring is 1. The van der Waals surface area contributed by atoms with E-state index in [0.29, 0.717) is 5.82 Å². The Hall–Kier alpha value is -2.90. The first-order valence-corrected chi connectivity index (χ1v) is 5.81. The summed E-state index contributed by atoms with van der Waals surface area (Å²) in [6, 6.07) is 2.93. The highest BCUT2D eigenvalue weighted by atomic mass is 16.5. The second-order valence-electron chi connectivity index (χ2n) is 3.87. The van der Waals surface area contributed by atoms with E-state index in [2.05, 4.69) is 10.1 Å². The van der Waals surface area contributed by atoms with Crippen molar-refractivity contribution in [2.24, 2.45) is 5.73 Å². The van der Waals surface area contributed by atoms with Gasteiger partial charge < -0.3 is 16.2 Å². The van der Waals surface area contributed by atoms with E-state index in [0.717, 1.165) is 0 Å². The summed E-state index contributed by atoms with van der Waals surface area (Å²) in [6.45, 7) is 1.91. The molecular weight excluding hydrogens is 262 g/mol. The van der Waals surface area contributed by atoms with Gasteiger partial charge in [-0.1, -0.05) is 0 Å². The molecule has 4 N–H and O–H groups in total. The predicted molar refractivity (Wildman–Crippen MR) is 70.2 cm³/mol. The van der Waals surface area contributed by atoms with E-state index in [9.17, 15) is 9.59 Å². The number of aromatic nitrogens is 3. The van der Waals surface area contributed by atoms with Gasteiger partial charge in [-0.2, -0.15) is 5.10 Å². The topological polar surface area (TPSA) is 126 Å². The van der Waals surface area contributed by atoms with Crippen molar-refractivity contribution in [1.82, 2.24) is 14.8 Å². The zero-order chi connectivity index (χ0) is 14.7. The highest BCUT2D eigenvalue weighted by Crippen LogP contribution is 2.14. The molecule has 8 nitrogen and oxygen atoms in total. The molecule has 20 heavy (non-hydrogen) atoms. The molecule has 0 aliphatic heterocycles. The molecule has 104 valence electrons. The van der Waals surface area contributed by atoms with Crippen molar-refractivity contribution < 1.29 is 14.3 Å². The molecule has 0 radical (unpaired) electrons. The van der Waals surface area contributed by atoms with E-state index in [1.165, 1.54) is 29.2 Å². The van der Waals surface area contributed by atoms with E-state index < -0.39 is 11.9 Å². The second-order valence-corrected chi connectivity index (χ2v) is 3.87. The average Bonchev–Trinajstić information content (AvgIpc) is 2.81. The molecule has 0 saturated carbocycles. The first-order valence-electron chi connectivity index (χ1n) is 5.81. The summed E-state index contributed by atoms with van der Waals surface area (Å²) in [4.78, 5) is 26.8. The summed E-state index contributed by atoms with van der Waals surface area (Å²) in [6.07, 6.45) is 2.83. The molecule has 0 aromatic carbocycles. The van der Waals surface area contributed by atoms with Crippen LogP contribution in [0.4, 0.5) is 5.69 Å². The summed E-state index contributed by atoms with van der Waals surface area (Å²) in [5.41, 5.74) is 11.3. The molecule has 2 rings (SSSR count). The Kier molecular flexibility index (Phi) is 3.65. The van der Waals surface area contributed by atoms with Crippen LogP contribution in [0.15, 0.2) is 24.5 Å². The molecule has 0 unspecified atom stereocenters. The Morgan fingerprint density at radius 1 is 1.45 bits per heavy atom. The van der Waals surface area contributed by atoms with Crippen molar-refractivity contribution >= 4 is 17.6 Å². The van der Waals surface area contributed by atoms with Crippen molar-refractivity contribution in [3.63, 3.8) is 0 Å². The fraction of sp³-hybridized carbons (Fsp3) is 0.167. The van der Waals surface area contributed by atoms with Crippen LogP contribution in [0.3, 0.4) is 0 Å². The molecule has 2 aromatic heterocycles. The maximum Gasteiger partial charge on any atom is 0.361 e. The van der Waals surface area contributed by atoms with Crippen molar-refractivity contribution in [2.75, 3.05) is 12.3 Å². The lowest BCUT2D eigenvalue weighted by Crippen LogP contribution is -2.12. The molecule has 0 aliphatic carbocycles. The van der Waals surface area contributed by atoms with Gasteiger partial charge in [0.1, 0.15) is 0 Å². The first-order chi connectivity index (χ1) is 9.52. The molecule has 0 saturated heterocycles. The maximum absolute atomic E-state index is 11.6. The molecule has 0 fully saturated rings. The van der Waals surface area contributed by atoms with E-state index >= 15 is 0 Å². The van der Waals surface area contributed by atoms with E-state index in [1.54, 1.807) is 6.92 Å². The molecule has 1 amide bonds. The number of carbonyl (C=O) groups is 2. The van der Waals surface area contributed by atoms with Crippen LogP contribution >= 0.6 is 0 Å². The van der Waals surface area contributed by atoms with Gasteiger partial charge in [0.2, 0.25) is 5.91 Å². The predicted octanol–water partition coefficient (Wildman–Crippen LogP) is 0.125. The molecule has 2 heterocycles. The van der Waals surface area contributed by atoms with Gasteiger partial charge in [-0.05, 0) is 19.1 Å². The highest BCUT2D eigenvalue weighted by molar-refractivity contribution is 5.93. The van der Waals surface area contributed by atoms with Crippen molar-refractivity contribution in [2.45, 2.75) is 6.92 Å². The minimum absolute atomic E-state index is 0.00173. The minimum Gasteiger partial charge on any atom is -0.461 e. The summed E-state index contributed by atoms with van der Waals surface area (Å²) >= 11 is 0. The van der Waals surface area contributed by atoms with Gasteiger partial charge in [-0.15, -0.1) is 0 Å². The van der Waals surface area contributed by atoms with Crippen LogP contribution in [0.5, 0.6) is 0 Å². The number of pyridine rings is 1. The molecule has 0 bridgehead atoms. The number of esters is 1. The number of hydrogen-bond donors (Lipinski definition) is 2. The fourth-order valence-electron chi connectivity index (χ4n) is 1.56. The van der Waals surface area contributed by atoms with Crippen LogP contribution in [0, 0.1) is 0 Å². The standard InChI is InChI=1S/C12H13N5O3/c1-2-20-12(19)10-8(13)6-17(16-10)9-5-7(11(14)18)3-4-15-9/h3-6H,2,13H2,1H3,(H2,14,18). The van der Waals surface area contributed by atoms with Gasteiger partial charge >= 0.3 is 5.97 Å². The van der Waals surface area contributed by atoms with Crippen LogP contribution in [-0.2, 0) is 4.74 Å². The third-order valence-electron chi connectivity index (χ3n) is 2.48. The van der Waals surface area contributed by atoms with Gasteiger partial charge in [0.25, 0.3) is 0 Å². The Balaban J connectivity index is 2.39. The summed E-state index contributed by atoms with van der Waals surface area (Å²) < 4.78 is 6.12. The van der Waals surface area contributed by atoms with Gasteiger partial charge in [0, 0.05) is 11.8 Å². The summed E-state index contributed by atoms with van der Waals surface area (Å²) in [5, 5.41) is 4.00. The van der Waals surface area contributed by atoms with Crippen LogP contribution in [-0.4, -0.2) is 33.2 Å². The lowest BCUT2D eigenvalue weighted by Gasteiger charge is -2.01. The number of hydrogen-bond acceptors (Lipinski definition) is 6. The Morgan fingerprint density at radius 3 is 2.85 bits per heavy atom. The second kappa shape index (κ2) is 5.39.